The van der Waals surface area contributed by atoms with Gasteiger partial charge in [0.1, 0.15) is 0 Å². The van der Waals surface area contributed by atoms with E-state index in [1.165, 1.54) is 6.42 Å². The molecule has 1 aliphatic carbocycles. The first-order chi connectivity index (χ1) is 7.50. The first-order valence-electron chi connectivity index (χ1n) is 5.55. The lowest BCUT2D eigenvalue weighted by atomic mass is 10.1. The van der Waals surface area contributed by atoms with Gasteiger partial charge in [0.25, 0.3) is 0 Å². The number of nitrogens with one attached hydrogen (secondary N) is 1. The summed E-state index contributed by atoms with van der Waals surface area (Å²) in [7, 11) is 0. The van der Waals surface area contributed by atoms with E-state index in [4.69, 9.17) is 5.11 Å². The Bertz CT molecular complexity index is 412. The maximum atomic E-state index is 11.0. The molecule has 0 aliphatic heterocycles. The van der Waals surface area contributed by atoms with Gasteiger partial charge in [0.15, 0.2) is 0 Å². The molecule has 1 saturated carbocycles. The van der Waals surface area contributed by atoms with Gasteiger partial charge in [0, 0.05) is 12.6 Å². The standard InChI is InChI=1S/C13H17NO2/c1-13(2)7-11(13)14-8-9-5-3-4-6-10(9)12(15)16/h3-6,11,14H,7-8H2,1-2H3,(H,15,16). The number of hydrogen-bond acceptors (Lipinski definition) is 2. The highest BCUT2D eigenvalue weighted by atomic mass is 16.4. The number of carbonyl (C=O) groups is 1. The van der Waals surface area contributed by atoms with E-state index >= 15 is 0 Å². The second kappa shape index (κ2) is 3.91. The molecule has 1 unspecified atom stereocenters. The maximum absolute atomic E-state index is 11.0. The monoisotopic (exact) mass is 219 g/mol. The summed E-state index contributed by atoms with van der Waals surface area (Å²) in [5.41, 5.74) is 1.63. The summed E-state index contributed by atoms with van der Waals surface area (Å²) in [6, 6.07) is 7.67. The molecule has 1 fully saturated rings. The molecule has 86 valence electrons. The molecule has 0 aromatic heterocycles. The van der Waals surface area contributed by atoms with Crippen LogP contribution in [0.15, 0.2) is 24.3 Å². The fourth-order valence-electron chi connectivity index (χ4n) is 1.93. The molecule has 1 aromatic carbocycles. The van der Waals surface area contributed by atoms with Crippen molar-refractivity contribution in [3.05, 3.63) is 35.4 Å². The normalized spacial score (nSPS) is 21.8. The average Bonchev–Trinajstić information content (AvgIpc) is 2.84. The zero-order valence-corrected chi connectivity index (χ0v) is 9.66. The summed E-state index contributed by atoms with van der Waals surface area (Å²) in [5.74, 6) is -0.854. The molecule has 3 heteroatoms. The quantitative estimate of drug-likeness (QED) is 0.816. The second-order valence-electron chi connectivity index (χ2n) is 5.09. The molecule has 1 atom stereocenters. The van der Waals surface area contributed by atoms with E-state index in [0.29, 0.717) is 23.6 Å². The van der Waals surface area contributed by atoms with Crippen molar-refractivity contribution >= 4 is 5.97 Å². The van der Waals surface area contributed by atoms with Crippen molar-refractivity contribution in [2.45, 2.75) is 32.9 Å². The van der Waals surface area contributed by atoms with Gasteiger partial charge in [-0.25, -0.2) is 4.79 Å². The van der Waals surface area contributed by atoms with Crippen LogP contribution >= 0.6 is 0 Å². The second-order valence-corrected chi connectivity index (χ2v) is 5.09. The third kappa shape index (κ3) is 2.25. The summed E-state index contributed by atoms with van der Waals surface area (Å²) in [4.78, 5) is 11.0. The fourth-order valence-corrected chi connectivity index (χ4v) is 1.93. The van der Waals surface area contributed by atoms with E-state index in [2.05, 4.69) is 19.2 Å². The summed E-state index contributed by atoms with van der Waals surface area (Å²) < 4.78 is 0. The van der Waals surface area contributed by atoms with Crippen LogP contribution in [0.25, 0.3) is 0 Å². The Morgan fingerprint density at radius 2 is 2.12 bits per heavy atom. The van der Waals surface area contributed by atoms with Crippen molar-refractivity contribution in [1.82, 2.24) is 5.32 Å². The fraction of sp³-hybridized carbons (Fsp3) is 0.462. The predicted molar refractivity (Wildman–Crippen MR) is 62.4 cm³/mol. The molecule has 0 spiro atoms. The molecule has 3 nitrogen and oxygen atoms in total. The van der Waals surface area contributed by atoms with Crippen molar-refractivity contribution in [3.63, 3.8) is 0 Å². The first kappa shape index (κ1) is 11.1. The van der Waals surface area contributed by atoms with Crippen molar-refractivity contribution in [3.8, 4) is 0 Å². The third-order valence-electron chi connectivity index (χ3n) is 3.30. The number of hydrogen-bond donors (Lipinski definition) is 2. The lowest BCUT2D eigenvalue weighted by Crippen LogP contribution is -2.21. The summed E-state index contributed by atoms with van der Waals surface area (Å²) >= 11 is 0. The largest absolute Gasteiger partial charge is 0.478 e. The molecule has 0 amide bonds. The van der Waals surface area contributed by atoms with E-state index < -0.39 is 5.97 Å². The van der Waals surface area contributed by atoms with Crippen LogP contribution < -0.4 is 5.32 Å². The van der Waals surface area contributed by atoms with E-state index in [1.54, 1.807) is 12.1 Å². The van der Waals surface area contributed by atoms with Gasteiger partial charge >= 0.3 is 5.97 Å². The van der Waals surface area contributed by atoms with Gasteiger partial charge in [0.05, 0.1) is 5.56 Å². The molecular formula is C13H17NO2. The average molecular weight is 219 g/mol. The minimum atomic E-state index is -0.854. The third-order valence-corrected chi connectivity index (χ3v) is 3.30. The SMILES string of the molecule is CC1(C)CC1NCc1ccccc1C(=O)O. The van der Waals surface area contributed by atoms with Crippen molar-refractivity contribution in [2.24, 2.45) is 5.41 Å². The van der Waals surface area contributed by atoms with E-state index in [-0.39, 0.29) is 0 Å². The molecule has 1 aliphatic rings. The summed E-state index contributed by atoms with van der Waals surface area (Å²) in [6.07, 6.45) is 1.17. The van der Waals surface area contributed by atoms with Crippen LogP contribution in [-0.2, 0) is 6.54 Å². The number of rotatable bonds is 4. The molecular weight excluding hydrogens is 202 g/mol. The highest BCUT2D eigenvalue weighted by molar-refractivity contribution is 5.89. The lowest BCUT2D eigenvalue weighted by Gasteiger charge is -2.08. The lowest BCUT2D eigenvalue weighted by molar-refractivity contribution is 0.0695. The zero-order chi connectivity index (χ0) is 11.8. The van der Waals surface area contributed by atoms with Gasteiger partial charge in [-0.15, -0.1) is 0 Å². The Hall–Kier alpha value is -1.35. The van der Waals surface area contributed by atoms with Crippen LogP contribution in [-0.4, -0.2) is 17.1 Å². The number of benzene rings is 1. The summed E-state index contributed by atoms with van der Waals surface area (Å²) in [6.45, 7) is 5.07. The Kier molecular flexibility index (Phi) is 2.72. The van der Waals surface area contributed by atoms with Crippen LogP contribution in [0.1, 0.15) is 36.2 Å². The first-order valence-corrected chi connectivity index (χ1v) is 5.55. The van der Waals surface area contributed by atoms with Crippen molar-refractivity contribution < 1.29 is 9.90 Å². The maximum Gasteiger partial charge on any atom is 0.336 e. The Morgan fingerprint density at radius 1 is 1.50 bits per heavy atom. The Balaban J connectivity index is 2.02. The number of carboxylic acids is 1. The number of carboxylic acid groups (broad SMARTS) is 1. The van der Waals surface area contributed by atoms with Gasteiger partial charge in [-0.1, -0.05) is 32.0 Å². The van der Waals surface area contributed by atoms with Crippen LogP contribution in [0.5, 0.6) is 0 Å². The van der Waals surface area contributed by atoms with Gasteiger partial charge < -0.3 is 10.4 Å². The van der Waals surface area contributed by atoms with Crippen molar-refractivity contribution in [1.29, 1.82) is 0 Å². The molecule has 16 heavy (non-hydrogen) atoms. The molecule has 0 radical (unpaired) electrons. The molecule has 1 aromatic rings. The van der Waals surface area contributed by atoms with Gasteiger partial charge in [0.2, 0.25) is 0 Å². The number of aromatic carboxylic acids is 1. The highest BCUT2D eigenvalue weighted by Crippen LogP contribution is 2.44. The van der Waals surface area contributed by atoms with E-state index in [9.17, 15) is 4.79 Å². The van der Waals surface area contributed by atoms with Crippen molar-refractivity contribution in [2.75, 3.05) is 0 Å². The zero-order valence-electron chi connectivity index (χ0n) is 9.66. The molecule has 0 heterocycles. The molecule has 0 saturated heterocycles. The van der Waals surface area contributed by atoms with Crippen LogP contribution in [0.2, 0.25) is 0 Å². The van der Waals surface area contributed by atoms with Crippen LogP contribution in [0.3, 0.4) is 0 Å². The summed E-state index contributed by atoms with van der Waals surface area (Å²) in [5, 5.41) is 12.4. The smallest absolute Gasteiger partial charge is 0.336 e. The Labute approximate surface area is 95.5 Å². The molecule has 2 N–H and O–H groups in total. The highest BCUT2D eigenvalue weighted by Gasteiger charge is 2.45. The predicted octanol–water partition coefficient (Wildman–Crippen LogP) is 2.27. The van der Waals surface area contributed by atoms with Crippen LogP contribution in [0, 0.1) is 5.41 Å². The molecule has 0 bridgehead atoms. The topological polar surface area (TPSA) is 49.3 Å². The minimum Gasteiger partial charge on any atom is -0.478 e. The van der Waals surface area contributed by atoms with E-state index in [1.807, 2.05) is 12.1 Å². The van der Waals surface area contributed by atoms with Gasteiger partial charge in [-0.3, -0.25) is 0 Å². The van der Waals surface area contributed by atoms with Gasteiger partial charge in [-0.2, -0.15) is 0 Å². The molecule has 2 rings (SSSR count). The minimum absolute atomic E-state index is 0.373. The Morgan fingerprint density at radius 3 is 2.69 bits per heavy atom. The van der Waals surface area contributed by atoms with Crippen LogP contribution in [0.4, 0.5) is 0 Å². The van der Waals surface area contributed by atoms with Gasteiger partial charge in [-0.05, 0) is 23.5 Å². The van der Waals surface area contributed by atoms with E-state index in [0.717, 1.165) is 5.56 Å².